The highest BCUT2D eigenvalue weighted by molar-refractivity contribution is 6.06. The summed E-state index contributed by atoms with van der Waals surface area (Å²) in [4.78, 5) is 23.9. The number of anilines is 1. The quantitative estimate of drug-likeness (QED) is 0.669. The third-order valence-corrected chi connectivity index (χ3v) is 3.11. The van der Waals surface area contributed by atoms with Crippen LogP contribution in [0.15, 0.2) is 49.1 Å². The number of carboxylic acids is 1. The molecule has 0 aliphatic heterocycles. The molecule has 0 atom stereocenters. The second-order valence-electron chi connectivity index (χ2n) is 4.56. The summed E-state index contributed by atoms with van der Waals surface area (Å²) in [6.07, 6.45) is 1.29. The van der Waals surface area contributed by atoms with Crippen LogP contribution in [0.5, 0.6) is 0 Å². The Morgan fingerprint density at radius 2 is 1.85 bits per heavy atom. The number of carboxylic acid groups (broad SMARTS) is 1. The second-order valence-corrected chi connectivity index (χ2v) is 4.56. The minimum Gasteiger partial charge on any atom is -0.480 e. The van der Waals surface area contributed by atoms with E-state index in [0.717, 1.165) is 16.5 Å². The van der Waals surface area contributed by atoms with Crippen LogP contribution in [0, 0.1) is 0 Å². The van der Waals surface area contributed by atoms with Gasteiger partial charge in [-0.05, 0) is 35.0 Å². The van der Waals surface area contributed by atoms with Crippen molar-refractivity contribution in [3.63, 3.8) is 0 Å². The zero-order chi connectivity index (χ0) is 14.7. The van der Waals surface area contributed by atoms with Gasteiger partial charge in [0.05, 0.1) is 0 Å². The molecule has 102 valence electrons. The summed E-state index contributed by atoms with van der Waals surface area (Å²) in [6, 6.07) is 11.0. The smallest absolute Gasteiger partial charge is 0.323 e. The van der Waals surface area contributed by atoms with Crippen LogP contribution in [0.1, 0.15) is 10.4 Å². The molecule has 2 rings (SSSR count). The first-order valence-corrected chi connectivity index (χ1v) is 6.15. The molecule has 4 nitrogen and oxygen atoms in total. The van der Waals surface area contributed by atoms with E-state index in [1.807, 2.05) is 24.3 Å². The lowest BCUT2D eigenvalue weighted by molar-refractivity contribution is -0.135. The Morgan fingerprint density at radius 1 is 1.20 bits per heavy atom. The van der Waals surface area contributed by atoms with Crippen LogP contribution in [0.4, 0.5) is 5.69 Å². The first-order valence-electron chi connectivity index (χ1n) is 6.15. The SMILES string of the molecule is C=CC(=O)c1ccc2cc(N(C)CC(=O)O)ccc2c1. The van der Waals surface area contributed by atoms with Crippen LogP contribution >= 0.6 is 0 Å². The zero-order valence-electron chi connectivity index (χ0n) is 11.2. The Hall–Kier alpha value is -2.62. The molecule has 0 bridgehead atoms. The monoisotopic (exact) mass is 269 g/mol. The van der Waals surface area contributed by atoms with Gasteiger partial charge in [-0.15, -0.1) is 0 Å². The molecule has 0 amide bonds. The number of hydrogen-bond donors (Lipinski definition) is 1. The minimum atomic E-state index is -0.875. The summed E-state index contributed by atoms with van der Waals surface area (Å²) in [5.41, 5.74) is 1.42. The van der Waals surface area contributed by atoms with E-state index in [4.69, 9.17) is 5.11 Å². The summed E-state index contributed by atoms with van der Waals surface area (Å²) in [5, 5.41) is 10.7. The Morgan fingerprint density at radius 3 is 2.50 bits per heavy atom. The molecule has 1 N–H and O–H groups in total. The topological polar surface area (TPSA) is 57.6 Å². The summed E-state index contributed by atoms with van der Waals surface area (Å²) in [7, 11) is 1.73. The molecule has 0 aliphatic rings. The molecular formula is C16H15NO3. The molecule has 0 aromatic heterocycles. The zero-order valence-corrected chi connectivity index (χ0v) is 11.2. The predicted molar refractivity (Wildman–Crippen MR) is 79.4 cm³/mol. The van der Waals surface area contributed by atoms with Crippen molar-refractivity contribution in [2.75, 3.05) is 18.5 Å². The third-order valence-electron chi connectivity index (χ3n) is 3.11. The van der Waals surface area contributed by atoms with Crippen molar-refractivity contribution in [1.82, 2.24) is 0 Å². The first kappa shape index (κ1) is 13.8. The number of benzene rings is 2. The highest BCUT2D eigenvalue weighted by Crippen LogP contribution is 2.22. The molecule has 0 aliphatic carbocycles. The summed E-state index contributed by atoms with van der Waals surface area (Å²) in [6.45, 7) is 3.41. The number of aliphatic carboxylic acids is 1. The van der Waals surface area contributed by atoms with E-state index in [9.17, 15) is 9.59 Å². The molecule has 2 aromatic rings. The van der Waals surface area contributed by atoms with Gasteiger partial charge in [-0.3, -0.25) is 9.59 Å². The van der Waals surface area contributed by atoms with Gasteiger partial charge in [0, 0.05) is 18.3 Å². The second kappa shape index (κ2) is 5.57. The summed E-state index contributed by atoms with van der Waals surface area (Å²) >= 11 is 0. The fraction of sp³-hybridized carbons (Fsp3) is 0.125. The number of likely N-dealkylation sites (N-methyl/N-ethyl adjacent to an activating group) is 1. The van der Waals surface area contributed by atoms with E-state index < -0.39 is 5.97 Å². The normalized spacial score (nSPS) is 10.2. The molecule has 0 radical (unpaired) electrons. The molecular weight excluding hydrogens is 254 g/mol. The maximum absolute atomic E-state index is 11.6. The number of carbonyl (C=O) groups excluding carboxylic acids is 1. The Balaban J connectivity index is 2.38. The van der Waals surface area contributed by atoms with Crippen LogP contribution in [-0.2, 0) is 4.79 Å². The Bertz CT molecular complexity index is 691. The van der Waals surface area contributed by atoms with Crippen molar-refractivity contribution in [3.8, 4) is 0 Å². The summed E-state index contributed by atoms with van der Waals surface area (Å²) < 4.78 is 0. The third kappa shape index (κ3) is 2.85. The average molecular weight is 269 g/mol. The number of nitrogens with zero attached hydrogens (tertiary/aromatic N) is 1. The summed E-state index contributed by atoms with van der Waals surface area (Å²) in [5.74, 6) is -0.988. The number of fused-ring (bicyclic) bond motifs is 1. The standard InChI is InChI=1S/C16H15NO3/c1-3-15(18)13-5-4-12-9-14(7-6-11(12)8-13)17(2)10-16(19)20/h3-9H,1,10H2,2H3,(H,19,20). The molecule has 0 fully saturated rings. The van der Waals surface area contributed by atoms with Crippen molar-refractivity contribution < 1.29 is 14.7 Å². The predicted octanol–water partition coefficient (Wildman–Crippen LogP) is 2.73. The lowest BCUT2D eigenvalue weighted by Gasteiger charge is -2.17. The van der Waals surface area contributed by atoms with Gasteiger partial charge in [-0.1, -0.05) is 24.8 Å². The van der Waals surface area contributed by atoms with Crippen LogP contribution < -0.4 is 4.90 Å². The van der Waals surface area contributed by atoms with Crippen molar-refractivity contribution in [2.24, 2.45) is 0 Å². The molecule has 2 aromatic carbocycles. The lowest BCUT2D eigenvalue weighted by atomic mass is 10.0. The number of ketones is 1. The number of hydrogen-bond acceptors (Lipinski definition) is 3. The van der Waals surface area contributed by atoms with Crippen LogP contribution in [0.2, 0.25) is 0 Å². The lowest BCUT2D eigenvalue weighted by Crippen LogP contribution is -2.24. The van der Waals surface area contributed by atoms with E-state index in [0.29, 0.717) is 5.56 Å². The average Bonchev–Trinajstić information content (AvgIpc) is 2.44. The van der Waals surface area contributed by atoms with E-state index in [2.05, 4.69) is 6.58 Å². The van der Waals surface area contributed by atoms with Crippen LogP contribution in [0.3, 0.4) is 0 Å². The maximum atomic E-state index is 11.6. The minimum absolute atomic E-state index is 0.0570. The number of rotatable bonds is 5. The van der Waals surface area contributed by atoms with E-state index in [1.54, 1.807) is 24.1 Å². The highest BCUT2D eigenvalue weighted by atomic mass is 16.4. The van der Waals surface area contributed by atoms with Gasteiger partial charge in [0.15, 0.2) is 5.78 Å². The van der Waals surface area contributed by atoms with Gasteiger partial charge in [0.1, 0.15) is 6.54 Å². The van der Waals surface area contributed by atoms with Crippen molar-refractivity contribution in [2.45, 2.75) is 0 Å². The van der Waals surface area contributed by atoms with Gasteiger partial charge in [0.2, 0.25) is 0 Å². The number of carbonyl (C=O) groups is 2. The van der Waals surface area contributed by atoms with Crippen molar-refractivity contribution in [1.29, 1.82) is 0 Å². The molecule has 0 heterocycles. The molecule has 0 saturated heterocycles. The Kier molecular flexibility index (Phi) is 3.84. The van der Waals surface area contributed by atoms with Crippen molar-refractivity contribution in [3.05, 3.63) is 54.6 Å². The van der Waals surface area contributed by atoms with Crippen LogP contribution in [-0.4, -0.2) is 30.5 Å². The van der Waals surface area contributed by atoms with Gasteiger partial charge < -0.3 is 10.0 Å². The molecule has 0 spiro atoms. The number of allylic oxidation sites excluding steroid dienone is 1. The van der Waals surface area contributed by atoms with Gasteiger partial charge in [0.25, 0.3) is 0 Å². The van der Waals surface area contributed by atoms with E-state index in [-0.39, 0.29) is 12.3 Å². The van der Waals surface area contributed by atoms with E-state index >= 15 is 0 Å². The van der Waals surface area contributed by atoms with Gasteiger partial charge >= 0.3 is 5.97 Å². The van der Waals surface area contributed by atoms with Crippen LogP contribution in [0.25, 0.3) is 10.8 Å². The molecule has 0 saturated carbocycles. The van der Waals surface area contributed by atoms with Gasteiger partial charge in [-0.2, -0.15) is 0 Å². The molecule has 4 heteroatoms. The fourth-order valence-corrected chi connectivity index (χ4v) is 2.04. The molecule has 20 heavy (non-hydrogen) atoms. The first-order chi connectivity index (χ1) is 9.51. The largest absolute Gasteiger partial charge is 0.480 e. The van der Waals surface area contributed by atoms with Gasteiger partial charge in [-0.25, -0.2) is 0 Å². The van der Waals surface area contributed by atoms with Crippen molar-refractivity contribution >= 4 is 28.2 Å². The highest BCUT2D eigenvalue weighted by Gasteiger charge is 2.07. The Labute approximate surface area is 116 Å². The van der Waals surface area contributed by atoms with E-state index in [1.165, 1.54) is 6.08 Å². The maximum Gasteiger partial charge on any atom is 0.323 e. The molecule has 0 unspecified atom stereocenters. The fourth-order valence-electron chi connectivity index (χ4n) is 2.04.